The van der Waals surface area contributed by atoms with Crippen molar-refractivity contribution in [3.8, 4) is 11.4 Å². The molecular formula is C16H13FN4OS. The second-order valence-electron chi connectivity index (χ2n) is 4.69. The third kappa shape index (κ3) is 4.10. The highest BCUT2D eigenvalue weighted by atomic mass is 32.1. The topological polar surface area (TPSA) is 63.0 Å². The molecule has 23 heavy (non-hydrogen) atoms. The van der Waals surface area contributed by atoms with Gasteiger partial charge in [-0.1, -0.05) is 35.5 Å². The molecule has 0 bridgehead atoms. The lowest BCUT2D eigenvalue weighted by molar-refractivity contribution is 0.376. The molecule has 2 aromatic carbocycles. The van der Waals surface area contributed by atoms with Gasteiger partial charge in [0, 0.05) is 11.3 Å². The Kier molecular flexibility index (Phi) is 4.58. The summed E-state index contributed by atoms with van der Waals surface area (Å²) in [5.74, 6) is 0.653. The van der Waals surface area contributed by atoms with Crippen molar-refractivity contribution >= 4 is 23.0 Å². The highest BCUT2D eigenvalue weighted by molar-refractivity contribution is 7.80. The Bertz CT molecular complexity index is 789. The van der Waals surface area contributed by atoms with Crippen LogP contribution in [0.2, 0.25) is 0 Å². The second kappa shape index (κ2) is 6.97. The van der Waals surface area contributed by atoms with Crippen LogP contribution in [0.15, 0.2) is 59.1 Å². The Hall–Kier alpha value is -2.80. The number of nitrogens with one attached hydrogen (secondary N) is 2. The van der Waals surface area contributed by atoms with E-state index in [4.69, 9.17) is 16.7 Å². The standard InChI is InChI=1S/C16H13FN4OS/c17-12-6-8-13(9-7-12)19-16(23)18-10-14-20-15(21-22-14)11-4-2-1-3-5-11/h1-9H,10H2,(H2,18,19,23). The summed E-state index contributed by atoms with van der Waals surface area (Å²) in [6.45, 7) is 0.298. The molecule has 0 saturated heterocycles. The molecule has 0 aliphatic heterocycles. The van der Waals surface area contributed by atoms with E-state index in [0.717, 1.165) is 5.56 Å². The average molecular weight is 328 g/mol. The maximum absolute atomic E-state index is 12.8. The molecule has 5 nitrogen and oxygen atoms in total. The number of aromatic nitrogens is 2. The first-order valence-corrected chi connectivity index (χ1v) is 7.30. The van der Waals surface area contributed by atoms with Crippen LogP contribution < -0.4 is 10.6 Å². The summed E-state index contributed by atoms with van der Waals surface area (Å²) in [5.41, 5.74) is 1.58. The Morgan fingerprint density at radius 3 is 2.57 bits per heavy atom. The third-order valence-electron chi connectivity index (χ3n) is 3.00. The zero-order valence-electron chi connectivity index (χ0n) is 12.0. The number of halogens is 1. The minimum absolute atomic E-state index is 0.297. The zero-order chi connectivity index (χ0) is 16.1. The van der Waals surface area contributed by atoms with E-state index >= 15 is 0 Å². The van der Waals surface area contributed by atoms with Gasteiger partial charge in [0.1, 0.15) is 5.82 Å². The highest BCUT2D eigenvalue weighted by Gasteiger charge is 2.08. The molecule has 0 spiro atoms. The lowest BCUT2D eigenvalue weighted by Gasteiger charge is -2.08. The largest absolute Gasteiger partial charge is 0.353 e. The number of thiocarbonyl (C=S) groups is 1. The van der Waals surface area contributed by atoms with Gasteiger partial charge in [-0.2, -0.15) is 4.98 Å². The van der Waals surface area contributed by atoms with E-state index in [1.165, 1.54) is 12.1 Å². The van der Waals surface area contributed by atoms with Crippen LogP contribution in [-0.2, 0) is 6.54 Å². The molecule has 0 unspecified atom stereocenters. The van der Waals surface area contributed by atoms with E-state index in [0.29, 0.717) is 29.1 Å². The van der Waals surface area contributed by atoms with Crippen LogP contribution in [0.5, 0.6) is 0 Å². The average Bonchev–Trinajstić information content (AvgIpc) is 3.05. The van der Waals surface area contributed by atoms with Gasteiger partial charge in [0.25, 0.3) is 0 Å². The number of benzene rings is 2. The number of rotatable bonds is 4. The molecule has 0 fully saturated rings. The van der Waals surface area contributed by atoms with Crippen molar-refractivity contribution in [2.75, 3.05) is 5.32 Å². The van der Waals surface area contributed by atoms with Crippen molar-refractivity contribution < 1.29 is 8.91 Å². The molecule has 1 aromatic heterocycles. The molecule has 3 rings (SSSR count). The first-order valence-electron chi connectivity index (χ1n) is 6.89. The Balaban J connectivity index is 1.55. The summed E-state index contributed by atoms with van der Waals surface area (Å²) < 4.78 is 18.0. The van der Waals surface area contributed by atoms with E-state index in [9.17, 15) is 4.39 Å². The molecule has 0 amide bonds. The minimum Gasteiger partial charge on any atom is -0.353 e. The van der Waals surface area contributed by atoms with Crippen LogP contribution in [0.4, 0.5) is 10.1 Å². The van der Waals surface area contributed by atoms with Crippen LogP contribution in [-0.4, -0.2) is 15.3 Å². The molecule has 0 aliphatic carbocycles. The summed E-state index contributed by atoms with van der Waals surface area (Å²) in [6, 6.07) is 15.5. The van der Waals surface area contributed by atoms with Gasteiger partial charge in [0.15, 0.2) is 5.11 Å². The van der Waals surface area contributed by atoms with E-state index in [2.05, 4.69) is 20.8 Å². The molecule has 1 heterocycles. The minimum atomic E-state index is -0.297. The number of hydrogen-bond donors (Lipinski definition) is 2. The van der Waals surface area contributed by atoms with Crippen LogP contribution in [0.1, 0.15) is 5.89 Å². The molecule has 3 aromatic rings. The Labute approximate surface area is 137 Å². The molecule has 7 heteroatoms. The normalized spacial score (nSPS) is 10.3. The van der Waals surface area contributed by atoms with Crippen molar-refractivity contribution in [1.82, 2.24) is 15.5 Å². The van der Waals surface area contributed by atoms with E-state index in [-0.39, 0.29) is 5.82 Å². The molecule has 0 atom stereocenters. The lowest BCUT2D eigenvalue weighted by atomic mass is 10.2. The first kappa shape index (κ1) is 15.1. The van der Waals surface area contributed by atoms with Crippen LogP contribution in [0.25, 0.3) is 11.4 Å². The van der Waals surface area contributed by atoms with Gasteiger partial charge in [-0.3, -0.25) is 0 Å². The lowest BCUT2D eigenvalue weighted by Crippen LogP contribution is -2.27. The summed E-state index contributed by atoms with van der Waals surface area (Å²) in [4.78, 5) is 4.29. The van der Waals surface area contributed by atoms with Crippen molar-refractivity contribution in [1.29, 1.82) is 0 Å². The fourth-order valence-corrected chi connectivity index (χ4v) is 2.09. The van der Waals surface area contributed by atoms with Gasteiger partial charge < -0.3 is 15.2 Å². The number of hydrogen-bond acceptors (Lipinski definition) is 4. The van der Waals surface area contributed by atoms with Crippen LogP contribution in [0.3, 0.4) is 0 Å². The molecule has 0 saturated carbocycles. The van der Waals surface area contributed by atoms with Crippen molar-refractivity contribution in [2.45, 2.75) is 6.54 Å². The van der Waals surface area contributed by atoms with Gasteiger partial charge in [0.2, 0.25) is 11.7 Å². The van der Waals surface area contributed by atoms with Crippen molar-refractivity contribution in [2.24, 2.45) is 0 Å². The van der Waals surface area contributed by atoms with Gasteiger partial charge in [-0.05, 0) is 36.5 Å². The van der Waals surface area contributed by atoms with E-state index in [1.54, 1.807) is 12.1 Å². The van der Waals surface area contributed by atoms with E-state index < -0.39 is 0 Å². The highest BCUT2D eigenvalue weighted by Crippen LogP contribution is 2.14. The first-order chi connectivity index (χ1) is 11.2. The summed E-state index contributed by atoms with van der Waals surface area (Å²) >= 11 is 5.16. The quantitative estimate of drug-likeness (QED) is 0.716. The number of anilines is 1. The molecular weight excluding hydrogens is 315 g/mol. The number of nitrogens with zero attached hydrogens (tertiary/aromatic N) is 2. The zero-order valence-corrected chi connectivity index (χ0v) is 12.8. The second-order valence-corrected chi connectivity index (χ2v) is 5.10. The van der Waals surface area contributed by atoms with Crippen molar-refractivity contribution in [3.05, 3.63) is 66.3 Å². The van der Waals surface area contributed by atoms with Crippen molar-refractivity contribution in [3.63, 3.8) is 0 Å². The predicted octanol–water partition coefficient (Wildman–Crippen LogP) is 3.36. The fourth-order valence-electron chi connectivity index (χ4n) is 1.90. The van der Waals surface area contributed by atoms with E-state index in [1.807, 2.05) is 30.3 Å². The summed E-state index contributed by atoms with van der Waals surface area (Å²) in [7, 11) is 0. The monoisotopic (exact) mass is 328 g/mol. The van der Waals surface area contributed by atoms with Crippen LogP contribution in [0, 0.1) is 5.82 Å². The third-order valence-corrected chi connectivity index (χ3v) is 3.25. The van der Waals surface area contributed by atoms with Gasteiger partial charge in [0.05, 0.1) is 6.54 Å². The maximum atomic E-state index is 12.8. The van der Waals surface area contributed by atoms with Crippen LogP contribution >= 0.6 is 12.2 Å². The predicted molar refractivity (Wildman–Crippen MR) is 89.2 cm³/mol. The van der Waals surface area contributed by atoms with Gasteiger partial charge in [-0.15, -0.1) is 0 Å². The van der Waals surface area contributed by atoms with Gasteiger partial charge >= 0.3 is 0 Å². The molecule has 0 radical (unpaired) electrons. The molecule has 116 valence electrons. The van der Waals surface area contributed by atoms with Gasteiger partial charge in [-0.25, -0.2) is 4.39 Å². The SMILES string of the molecule is Fc1ccc(NC(=S)NCc2nc(-c3ccccc3)no2)cc1. The molecule has 0 aliphatic rings. The molecule has 2 N–H and O–H groups in total. The summed E-state index contributed by atoms with van der Waals surface area (Å²) in [5, 5.41) is 10.2. The smallest absolute Gasteiger partial charge is 0.246 e. The Morgan fingerprint density at radius 2 is 1.83 bits per heavy atom. The Morgan fingerprint density at radius 1 is 1.09 bits per heavy atom. The fraction of sp³-hybridized carbons (Fsp3) is 0.0625. The maximum Gasteiger partial charge on any atom is 0.246 e. The summed E-state index contributed by atoms with van der Waals surface area (Å²) in [6.07, 6.45) is 0.